The molecule has 0 aliphatic carbocycles. The largest absolute Gasteiger partial charge is 0.506 e. The molecule has 0 atom stereocenters. The van der Waals surface area contributed by atoms with Gasteiger partial charge in [0.1, 0.15) is 6.61 Å². The van der Waals surface area contributed by atoms with Gasteiger partial charge in [0.2, 0.25) is 0 Å². The molecular formula is C6H7NO3. The van der Waals surface area contributed by atoms with E-state index in [2.05, 4.69) is 9.72 Å². The van der Waals surface area contributed by atoms with Gasteiger partial charge in [0, 0.05) is 18.0 Å². The van der Waals surface area contributed by atoms with Gasteiger partial charge < -0.3 is 14.8 Å². The Morgan fingerprint density at radius 1 is 1.80 bits per heavy atom. The van der Waals surface area contributed by atoms with Crippen molar-refractivity contribution in [3.8, 4) is 0 Å². The summed E-state index contributed by atoms with van der Waals surface area (Å²) in [4.78, 5) is 12.6. The minimum atomic E-state index is -1.25. The fourth-order valence-electron chi connectivity index (χ4n) is 0.593. The van der Waals surface area contributed by atoms with E-state index in [4.69, 9.17) is 5.11 Å². The minimum Gasteiger partial charge on any atom is -0.450 e. The lowest BCUT2D eigenvalue weighted by atomic mass is 10.4. The average molecular weight is 141 g/mol. The van der Waals surface area contributed by atoms with Crippen LogP contribution < -0.4 is 0 Å². The Morgan fingerprint density at radius 2 is 2.60 bits per heavy atom. The molecule has 2 N–H and O–H groups in total. The summed E-state index contributed by atoms with van der Waals surface area (Å²) in [6.45, 7) is 0.110. The average Bonchev–Trinajstić information content (AvgIpc) is 2.34. The first-order chi connectivity index (χ1) is 4.79. The van der Waals surface area contributed by atoms with Crippen LogP contribution in [0.4, 0.5) is 4.79 Å². The van der Waals surface area contributed by atoms with Gasteiger partial charge in [-0.15, -0.1) is 0 Å². The molecule has 4 nitrogen and oxygen atoms in total. The number of nitrogens with one attached hydrogen (secondary N) is 1. The van der Waals surface area contributed by atoms with Crippen LogP contribution in [-0.2, 0) is 11.3 Å². The molecule has 4 heteroatoms. The second-order valence-corrected chi connectivity index (χ2v) is 1.77. The maximum absolute atomic E-state index is 9.86. The van der Waals surface area contributed by atoms with Gasteiger partial charge in [-0.3, -0.25) is 0 Å². The van der Waals surface area contributed by atoms with Gasteiger partial charge in [-0.2, -0.15) is 0 Å². The third kappa shape index (κ3) is 1.81. The Labute approximate surface area is 57.4 Å². The van der Waals surface area contributed by atoms with Crippen molar-refractivity contribution < 1.29 is 14.6 Å². The zero-order valence-electron chi connectivity index (χ0n) is 5.20. The number of hydrogen-bond donors (Lipinski definition) is 2. The molecule has 0 saturated heterocycles. The summed E-state index contributed by atoms with van der Waals surface area (Å²) < 4.78 is 4.28. The lowest BCUT2D eigenvalue weighted by molar-refractivity contribution is 0.0854. The van der Waals surface area contributed by atoms with Crippen molar-refractivity contribution in [1.82, 2.24) is 4.98 Å². The highest BCUT2D eigenvalue weighted by atomic mass is 16.7. The third-order valence-corrected chi connectivity index (χ3v) is 1.02. The lowest BCUT2D eigenvalue weighted by Crippen LogP contribution is -1.98. The minimum absolute atomic E-state index is 0.110. The Kier molecular flexibility index (Phi) is 1.94. The molecule has 0 aliphatic rings. The van der Waals surface area contributed by atoms with Crippen LogP contribution in [0.5, 0.6) is 0 Å². The van der Waals surface area contributed by atoms with Gasteiger partial charge in [0.05, 0.1) is 0 Å². The second kappa shape index (κ2) is 2.91. The van der Waals surface area contributed by atoms with E-state index in [9.17, 15) is 4.79 Å². The predicted molar refractivity (Wildman–Crippen MR) is 33.6 cm³/mol. The van der Waals surface area contributed by atoms with Gasteiger partial charge in [0.25, 0.3) is 0 Å². The van der Waals surface area contributed by atoms with Crippen molar-refractivity contribution in [2.45, 2.75) is 6.61 Å². The number of aromatic nitrogens is 1. The molecule has 0 unspecified atom stereocenters. The Bertz CT molecular complexity index is 205. The number of aromatic amines is 1. The number of ether oxygens (including phenoxy) is 1. The van der Waals surface area contributed by atoms with E-state index in [1.165, 1.54) is 0 Å². The summed E-state index contributed by atoms with van der Waals surface area (Å²) in [7, 11) is 0. The van der Waals surface area contributed by atoms with E-state index >= 15 is 0 Å². The fraction of sp³-hybridized carbons (Fsp3) is 0.167. The van der Waals surface area contributed by atoms with E-state index in [0.717, 1.165) is 5.56 Å². The topological polar surface area (TPSA) is 62.3 Å². The van der Waals surface area contributed by atoms with Gasteiger partial charge in [-0.05, 0) is 6.07 Å². The van der Waals surface area contributed by atoms with Crippen molar-refractivity contribution in [2.75, 3.05) is 0 Å². The Morgan fingerprint density at radius 3 is 3.10 bits per heavy atom. The molecule has 10 heavy (non-hydrogen) atoms. The molecule has 1 rings (SSSR count). The van der Waals surface area contributed by atoms with Gasteiger partial charge >= 0.3 is 6.16 Å². The summed E-state index contributed by atoms with van der Waals surface area (Å²) in [5.41, 5.74) is 0.822. The molecule has 1 aromatic heterocycles. The van der Waals surface area contributed by atoms with Crippen LogP contribution in [-0.4, -0.2) is 16.2 Å². The van der Waals surface area contributed by atoms with E-state index in [0.29, 0.717) is 0 Å². The number of rotatable bonds is 2. The first kappa shape index (κ1) is 6.67. The van der Waals surface area contributed by atoms with Crippen molar-refractivity contribution in [2.24, 2.45) is 0 Å². The summed E-state index contributed by atoms with van der Waals surface area (Å²) in [6, 6.07) is 1.75. The van der Waals surface area contributed by atoms with Crippen molar-refractivity contribution in [3.05, 3.63) is 24.0 Å². The molecule has 0 amide bonds. The number of carboxylic acid groups (broad SMARTS) is 1. The predicted octanol–water partition coefficient (Wildman–Crippen LogP) is 1.21. The smallest absolute Gasteiger partial charge is 0.450 e. The summed E-state index contributed by atoms with van der Waals surface area (Å²) in [6.07, 6.45) is 2.14. The molecule has 1 heterocycles. The molecule has 0 fully saturated rings. The van der Waals surface area contributed by atoms with Crippen LogP contribution in [0, 0.1) is 0 Å². The van der Waals surface area contributed by atoms with Crippen LogP contribution >= 0.6 is 0 Å². The van der Waals surface area contributed by atoms with Gasteiger partial charge in [0.15, 0.2) is 0 Å². The first-order valence-electron chi connectivity index (χ1n) is 2.76. The summed E-state index contributed by atoms with van der Waals surface area (Å²) >= 11 is 0. The Hall–Kier alpha value is -1.45. The summed E-state index contributed by atoms with van der Waals surface area (Å²) in [5, 5.41) is 8.08. The molecule has 0 aromatic carbocycles. The van der Waals surface area contributed by atoms with Gasteiger partial charge in [-0.1, -0.05) is 0 Å². The normalized spacial score (nSPS) is 9.20. The second-order valence-electron chi connectivity index (χ2n) is 1.77. The number of carbonyl (C=O) groups is 1. The third-order valence-electron chi connectivity index (χ3n) is 1.02. The molecule has 0 radical (unpaired) electrons. The number of hydrogen-bond acceptors (Lipinski definition) is 2. The molecule has 0 spiro atoms. The highest BCUT2D eigenvalue weighted by Crippen LogP contribution is 1.98. The summed E-state index contributed by atoms with van der Waals surface area (Å²) in [5.74, 6) is 0. The van der Waals surface area contributed by atoms with Crippen LogP contribution in [0.2, 0.25) is 0 Å². The molecule has 0 saturated carbocycles. The van der Waals surface area contributed by atoms with Crippen molar-refractivity contribution in [3.63, 3.8) is 0 Å². The van der Waals surface area contributed by atoms with Crippen LogP contribution in [0.25, 0.3) is 0 Å². The molecular weight excluding hydrogens is 134 g/mol. The highest BCUT2D eigenvalue weighted by molar-refractivity contribution is 5.56. The SMILES string of the molecule is O=C(O)OCc1cc[nH]c1. The van der Waals surface area contributed by atoms with Crippen molar-refractivity contribution >= 4 is 6.16 Å². The zero-order valence-corrected chi connectivity index (χ0v) is 5.20. The van der Waals surface area contributed by atoms with E-state index in [-0.39, 0.29) is 6.61 Å². The van der Waals surface area contributed by atoms with Crippen molar-refractivity contribution in [1.29, 1.82) is 0 Å². The maximum Gasteiger partial charge on any atom is 0.506 e. The van der Waals surface area contributed by atoms with E-state index in [1.807, 2.05) is 0 Å². The van der Waals surface area contributed by atoms with Crippen LogP contribution in [0.1, 0.15) is 5.56 Å². The molecule has 0 bridgehead atoms. The standard InChI is InChI=1S/C6H7NO3/c8-6(9)10-4-5-1-2-7-3-5/h1-3,7H,4H2,(H,8,9). The molecule has 54 valence electrons. The Balaban J connectivity index is 2.35. The van der Waals surface area contributed by atoms with Gasteiger partial charge in [-0.25, -0.2) is 4.79 Å². The molecule has 1 aromatic rings. The monoisotopic (exact) mass is 141 g/mol. The number of H-pyrrole nitrogens is 1. The zero-order chi connectivity index (χ0) is 7.40. The quantitative estimate of drug-likeness (QED) is 0.608. The fourth-order valence-corrected chi connectivity index (χ4v) is 0.593. The lowest BCUT2D eigenvalue weighted by Gasteiger charge is -1.94. The first-order valence-corrected chi connectivity index (χ1v) is 2.76. The van der Waals surface area contributed by atoms with E-state index < -0.39 is 6.16 Å². The van der Waals surface area contributed by atoms with Crippen LogP contribution in [0.3, 0.4) is 0 Å². The van der Waals surface area contributed by atoms with Crippen LogP contribution in [0.15, 0.2) is 18.5 Å². The maximum atomic E-state index is 9.86. The molecule has 0 aliphatic heterocycles. The van der Waals surface area contributed by atoms with E-state index in [1.54, 1.807) is 18.5 Å². The highest BCUT2D eigenvalue weighted by Gasteiger charge is 1.96.